The normalized spacial score (nSPS) is 13.9. The van der Waals surface area contributed by atoms with Crippen LogP contribution in [0.3, 0.4) is 0 Å². The number of amides is 1. The van der Waals surface area contributed by atoms with Crippen LogP contribution in [0.5, 0.6) is 5.19 Å². The lowest BCUT2D eigenvalue weighted by Gasteiger charge is -2.26. The molecule has 4 heterocycles. The van der Waals surface area contributed by atoms with Gasteiger partial charge in [0.25, 0.3) is 11.1 Å². The van der Waals surface area contributed by atoms with Crippen molar-refractivity contribution in [1.82, 2.24) is 25.1 Å². The highest BCUT2D eigenvalue weighted by Gasteiger charge is 2.18. The fourth-order valence-corrected chi connectivity index (χ4v) is 3.43. The van der Waals surface area contributed by atoms with Crippen molar-refractivity contribution < 1.29 is 14.3 Å². The van der Waals surface area contributed by atoms with E-state index in [4.69, 9.17) is 9.47 Å². The minimum atomic E-state index is -0.344. The number of nitrogens with zero attached hydrogens (tertiary/aromatic N) is 6. The van der Waals surface area contributed by atoms with Gasteiger partial charge in [0.15, 0.2) is 0 Å². The van der Waals surface area contributed by atoms with Gasteiger partial charge in [-0.05, 0) is 24.3 Å². The standard InChI is InChI=1S/C18H19N7O3S/c1-11-7-13(12-8-20-16(21-9-12)25-3-5-28-6-4-25)14(10-19-11)15(26)22-17-23-24-18(27-2)29-17/h7-10H,3-6H2,1-2H3,(H,22,23,26). The van der Waals surface area contributed by atoms with Gasteiger partial charge in [-0.15, -0.1) is 5.10 Å². The SMILES string of the molecule is COc1nnc(NC(=O)c2cnc(C)cc2-c2cnc(N3CCOCC3)nc2)s1. The van der Waals surface area contributed by atoms with Crippen LogP contribution in [0.4, 0.5) is 11.1 Å². The number of pyridine rings is 1. The predicted octanol–water partition coefficient (Wildman–Crippen LogP) is 1.80. The van der Waals surface area contributed by atoms with Crippen molar-refractivity contribution in [3.8, 4) is 16.3 Å². The Morgan fingerprint density at radius 1 is 1.17 bits per heavy atom. The Morgan fingerprint density at radius 3 is 2.62 bits per heavy atom. The van der Waals surface area contributed by atoms with E-state index in [-0.39, 0.29) is 5.91 Å². The zero-order valence-corrected chi connectivity index (χ0v) is 16.8. The third-order valence-corrected chi connectivity index (χ3v) is 5.13. The molecule has 1 aliphatic rings. The zero-order valence-electron chi connectivity index (χ0n) is 16.0. The molecule has 150 valence electrons. The lowest BCUT2D eigenvalue weighted by atomic mass is 10.0. The van der Waals surface area contributed by atoms with Gasteiger partial charge in [-0.3, -0.25) is 15.1 Å². The van der Waals surface area contributed by atoms with E-state index in [9.17, 15) is 4.79 Å². The second-order valence-electron chi connectivity index (χ2n) is 6.27. The summed E-state index contributed by atoms with van der Waals surface area (Å²) >= 11 is 1.14. The summed E-state index contributed by atoms with van der Waals surface area (Å²) < 4.78 is 10.4. The second kappa shape index (κ2) is 8.45. The first kappa shape index (κ1) is 19.2. The van der Waals surface area contributed by atoms with Gasteiger partial charge in [0, 0.05) is 48.5 Å². The third-order valence-electron chi connectivity index (χ3n) is 4.33. The number of methoxy groups -OCH3 is 1. The Hall–Kier alpha value is -3.18. The summed E-state index contributed by atoms with van der Waals surface area (Å²) in [5.74, 6) is 0.304. The molecule has 1 fully saturated rings. The Bertz CT molecular complexity index is 1000. The van der Waals surface area contributed by atoms with Crippen LogP contribution in [0.15, 0.2) is 24.7 Å². The summed E-state index contributed by atoms with van der Waals surface area (Å²) in [5, 5.41) is 11.1. The second-order valence-corrected chi connectivity index (χ2v) is 7.21. The van der Waals surface area contributed by atoms with Crippen LogP contribution in [0.25, 0.3) is 11.1 Å². The number of hydrogen-bond acceptors (Lipinski definition) is 10. The monoisotopic (exact) mass is 413 g/mol. The van der Waals surface area contributed by atoms with Crippen LogP contribution in [0.1, 0.15) is 16.1 Å². The van der Waals surface area contributed by atoms with Gasteiger partial charge >= 0.3 is 0 Å². The highest BCUT2D eigenvalue weighted by Crippen LogP contribution is 2.27. The average Bonchev–Trinajstić information content (AvgIpc) is 3.22. The average molecular weight is 413 g/mol. The summed E-state index contributed by atoms with van der Waals surface area (Å²) in [6.07, 6.45) is 4.98. The van der Waals surface area contributed by atoms with Crippen LogP contribution in [-0.4, -0.2) is 64.5 Å². The maximum atomic E-state index is 12.8. The van der Waals surface area contributed by atoms with Crippen molar-refractivity contribution in [2.75, 3.05) is 43.6 Å². The van der Waals surface area contributed by atoms with Gasteiger partial charge in [0.1, 0.15) is 0 Å². The Morgan fingerprint density at radius 2 is 1.93 bits per heavy atom. The molecule has 4 rings (SSSR count). The Kier molecular flexibility index (Phi) is 5.58. The molecule has 0 bridgehead atoms. The quantitative estimate of drug-likeness (QED) is 0.668. The Labute approximate surface area is 170 Å². The van der Waals surface area contributed by atoms with Crippen molar-refractivity contribution in [2.45, 2.75) is 6.92 Å². The van der Waals surface area contributed by atoms with E-state index in [1.165, 1.54) is 13.3 Å². The molecule has 0 spiro atoms. The van der Waals surface area contributed by atoms with Gasteiger partial charge in [0.05, 0.1) is 25.9 Å². The molecular weight excluding hydrogens is 394 g/mol. The van der Waals surface area contributed by atoms with Crippen molar-refractivity contribution in [3.05, 3.63) is 35.9 Å². The third kappa shape index (κ3) is 4.30. The smallest absolute Gasteiger partial charge is 0.295 e. The van der Waals surface area contributed by atoms with Crippen LogP contribution < -0.4 is 15.0 Å². The molecule has 1 amide bonds. The number of aryl methyl sites for hydroxylation is 1. The maximum Gasteiger partial charge on any atom is 0.295 e. The molecule has 1 aliphatic heterocycles. The van der Waals surface area contributed by atoms with E-state index in [0.29, 0.717) is 40.6 Å². The van der Waals surface area contributed by atoms with E-state index < -0.39 is 0 Å². The molecule has 0 aliphatic carbocycles. The number of hydrogen-bond donors (Lipinski definition) is 1. The number of carbonyl (C=O) groups is 1. The molecule has 1 N–H and O–H groups in total. The topological polar surface area (TPSA) is 115 Å². The van der Waals surface area contributed by atoms with Crippen molar-refractivity contribution in [1.29, 1.82) is 0 Å². The molecule has 11 heteroatoms. The molecule has 10 nitrogen and oxygen atoms in total. The number of carbonyl (C=O) groups excluding carboxylic acids is 1. The predicted molar refractivity (Wildman–Crippen MR) is 107 cm³/mol. The number of aromatic nitrogens is 5. The van der Waals surface area contributed by atoms with Gasteiger partial charge in [-0.1, -0.05) is 5.10 Å². The highest BCUT2D eigenvalue weighted by molar-refractivity contribution is 7.17. The molecule has 0 unspecified atom stereocenters. The van der Waals surface area contributed by atoms with Crippen LogP contribution >= 0.6 is 11.3 Å². The van der Waals surface area contributed by atoms with Crippen LogP contribution in [-0.2, 0) is 4.74 Å². The first-order valence-electron chi connectivity index (χ1n) is 8.94. The van der Waals surface area contributed by atoms with Crippen LogP contribution in [0, 0.1) is 6.92 Å². The molecule has 0 atom stereocenters. The fraction of sp³-hybridized carbons (Fsp3) is 0.333. The minimum Gasteiger partial charge on any atom is -0.472 e. The van der Waals surface area contributed by atoms with Gasteiger partial charge in [-0.25, -0.2) is 9.97 Å². The lowest BCUT2D eigenvalue weighted by molar-refractivity contribution is 0.102. The van der Waals surface area contributed by atoms with E-state index in [1.807, 2.05) is 13.0 Å². The summed E-state index contributed by atoms with van der Waals surface area (Å²) in [7, 11) is 1.49. The zero-order chi connectivity index (χ0) is 20.2. The van der Waals surface area contributed by atoms with E-state index in [2.05, 4.69) is 35.4 Å². The van der Waals surface area contributed by atoms with Crippen molar-refractivity contribution in [2.24, 2.45) is 0 Å². The van der Waals surface area contributed by atoms with Gasteiger partial charge < -0.3 is 14.4 Å². The van der Waals surface area contributed by atoms with E-state index >= 15 is 0 Å². The van der Waals surface area contributed by atoms with E-state index in [1.54, 1.807) is 12.4 Å². The van der Waals surface area contributed by atoms with Gasteiger partial charge in [0.2, 0.25) is 11.1 Å². The number of nitrogens with one attached hydrogen (secondary N) is 1. The molecule has 29 heavy (non-hydrogen) atoms. The van der Waals surface area contributed by atoms with Crippen LogP contribution in [0.2, 0.25) is 0 Å². The first-order valence-corrected chi connectivity index (χ1v) is 9.76. The number of ether oxygens (including phenoxy) is 2. The van der Waals surface area contributed by atoms with Gasteiger partial charge in [-0.2, -0.15) is 0 Å². The molecule has 0 saturated carbocycles. The summed E-state index contributed by atoms with van der Waals surface area (Å²) in [6.45, 7) is 4.70. The summed E-state index contributed by atoms with van der Waals surface area (Å²) in [5.41, 5.74) is 2.60. The summed E-state index contributed by atoms with van der Waals surface area (Å²) in [6, 6.07) is 1.84. The molecular formula is C18H19N7O3S. The summed E-state index contributed by atoms with van der Waals surface area (Å²) in [4.78, 5) is 28.1. The maximum absolute atomic E-state index is 12.8. The highest BCUT2D eigenvalue weighted by atomic mass is 32.1. The van der Waals surface area contributed by atoms with Crippen molar-refractivity contribution in [3.63, 3.8) is 0 Å². The lowest BCUT2D eigenvalue weighted by Crippen LogP contribution is -2.37. The number of rotatable bonds is 5. The molecule has 1 saturated heterocycles. The number of anilines is 2. The van der Waals surface area contributed by atoms with Crippen molar-refractivity contribution >= 4 is 28.3 Å². The molecule has 3 aromatic rings. The molecule has 0 radical (unpaired) electrons. The van der Waals surface area contributed by atoms with E-state index in [0.717, 1.165) is 35.7 Å². The number of morpholine rings is 1. The largest absolute Gasteiger partial charge is 0.472 e. The molecule has 0 aromatic carbocycles. The molecule has 3 aromatic heterocycles. The minimum absolute atomic E-state index is 0.344. The first-order chi connectivity index (χ1) is 14.1. The Balaban J connectivity index is 1.59. The fourth-order valence-electron chi connectivity index (χ4n) is 2.87.